The number of nitrogens with one attached hydrogen (secondary N) is 1. The molecule has 1 N–H and O–H groups in total. The Morgan fingerprint density at radius 1 is 1.06 bits per heavy atom. The molecule has 9 nitrogen and oxygen atoms in total. The molecule has 1 aliphatic rings. The van der Waals surface area contributed by atoms with E-state index in [0.29, 0.717) is 36.0 Å². The summed E-state index contributed by atoms with van der Waals surface area (Å²) in [5, 5.41) is 2.62. The Balaban J connectivity index is 1.70. The van der Waals surface area contributed by atoms with Gasteiger partial charge in [-0.25, -0.2) is 17.5 Å². The van der Waals surface area contributed by atoms with Crippen molar-refractivity contribution >= 4 is 27.6 Å². The molecule has 0 aromatic heterocycles. The molecule has 0 saturated heterocycles. The Hall–Kier alpha value is -3.11. The number of hydrogen-bond donors (Lipinski definition) is 1. The number of carbonyl (C=O) groups is 2. The van der Waals surface area contributed by atoms with Crippen LogP contribution in [-0.2, 0) is 19.6 Å². The van der Waals surface area contributed by atoms with Crippen LogP contribution in [0.3, 0.4) is 0 Å². The summed E-state index contributed by atoms with van der Waals surface area (Å²) in [5.74, 6) is -0.308. The molecule has 1 atom stereocenters. The van der Waals surface area contributed by atoms with E-state index < -0.39 is 28.0 Å². The van der Waals surface area contributed by atoms with Crippen LogP contribution in [-0.4, -0.2) is 58.0 Å². The molecule has 0 fully saturated rings. The number of carbonyl (C=O) groups excluding carboxylic acids is 2. The first-order valence-electron chi connectivity index (χ1n) is 9.54. The molecule has 1 amide bonds. The Bertz CT molecular complexity index is 1110. The van der Waals surface area contributed by atoms with Gasteiger partial charge in [-0.15, -0.1) is 0 Å². The summed E-state index contributed by atoms with van der Waals surface area (Å²) in [6.45, 7) is 3.98. The van der Waals surface area contributed by atoms with Gasteiger partial charge in [-0.1, -0.05) is 6.07 Å². The molecule has 3 rings (SSSR count). The molecule has 10 heteroatoms. The number of benzene rings is 2. The summed E-state index contributed by atoms with van der Waals surface area (Å²) < 4.78 is 41.9. The first-order chi connectivity index (χ1) is 14.6. The number of hydrogen-bond acceptors (Lipinski definition) is 7. The zero-order chi connectivity index (χ0) is 22.8. The molecule has 1 aliphatic heterocycles. The molecular weight excluding hydrogens is 424 g/mol. The van der Waals surface area contributed by atoms with Crippen LogP contribution in [0.1, 0.15) is 22.8 Å². The summed E-state index contributed by atoms with van der Waals surface area (Å²) in [7, 11) is -0.813. The number of esters is 1. The monoisotopic (exact) mass is 448 g/mol. The summed E-state index contributed by atoms with van der Waals surface area (Å²) in [5.41, 5.74) is 1.20. The number of fused-ring (bicyclic) bond motifs is 1. The second-order valence-electron chi connectivity index (χ2n) is 7.16. The fraction of sp³-hybridized carbons (Fsp3) is 0.333. The van der Waals surface area contributed by atoms with Gasteiger partial charge in [0, 0.05) is 19.8 Å². The third kappa shape index (κ3) is 4.97. The van der Waals surface area contributed by atoms with Crippen LogP contribution in [0, 0.1) is 6.92 Å². The number of sulfonamides is 1. The molecule has 0 saturated carbocycles. The van der Waals surface area contributed by atoms with Gasteiger partial charge in [0.05, 0.1) is 10.5 Å². The van der Waals surface area contributed by atoms with Crippen molar-refractivity contribution in [2.24, 2.45) is 0 Å². The third-order valence-corrected chi connectivity index (χ3v) is 6.49. The summed E-state index contributed by atoms with van der Waals surface area (Å²) >= 11 is 0. The highest BCUT2D eigenvalue weighted by Crippen LogP contribution is 2.31. The van der Waals surface area contributed by atoms with Crippen LogP contribution in [0.5, 0.6) is 11.5 Å². The van der Waals surface area contributed by atoms with Crippen LogP contribution in [0.25, 0.3) is 0 Å². The standard InChI is InChI=1S/C21H24N2O7S/c1-13-5-7-16(31(26,27)23(3)4)12-17(13)22-20(24)14(2)30-21(25)15-6-8-18-19(11-15)29-10-9-28-18/h5-8,11-12,14H,9-10H2,1-4H3,(H,22,24). The van der Waals surface area contributed by atoms with Gasteiger partial charge in [0.25, 0.3) is 5.91 Å². The number of aryl methyl sites for hydroxylation is 1. The third-order valence-electron chi connectivity index (χ3n) is 4.68. The molecular formula is C21H24N2O7S. The minimum atomic E-state index is -3.66. The lowest BCUT2D eigenvalue weighted by Gasteiger charge is -2.19. The zero-order valence-corrected chi connectivity index (χ0v) is 18.5. The molecule has 166 valence electrons. The Kier molecular flexibility index (Phi) is 6.51. The number of amides is 1. The van der Waals surface area contributed by atoms with Crippen LogP contribution < -0.4 is 14.8 Å². The van der Waals surface area contributed by atoms with Crippen molar-refractivity contribution in [1.82, 2.24) is 4.31 Å². The lowest BCUT2D eigenvalue weighted by molar-refractivity contribution is -0.123. The summed E-state index contributed by atoms with van der Waals surface area (Å²) in [6, 6.07) is 9.07. The van der Waals surface area contributed by atoms with E-state index in [2.05, 4.69) is 5.32 Å². The zero-order valence-electron chi connectivity index (χ0n) is 17.7. The van der Waals surface area contributed by atoms with Gasteiger partial charge in [-0.3, -0.25) is 4.79 Å². The molecule has 0 bridgehead atoms. The highest BCUT2D eigenvalue weighted by Gasteiger charge is 2.23. The average molecular weight is 448 g/mol. The molecule has 0 radical (unpaired) electrons. The highest BCUT2D eigenvalue weighted by molar-refractivity contribution is 7.89. The van der Waals surface area contributed by atoms with Crippen molar-refractivity contribution < 1.29 is 32.2 Å². The second-order valence-corrected chi connectivity index (χ2v) is 9.31. The van der Waals surface area contributed by atoms with E-state index in [1.807, 2.05) is 0 Å². The van der Waals surface area contributed by atoms with Gasteiger partial charge in [-0.2, -0.15) is 0 Å². The Morgan fingerprint density at radius 2 is 1.74 bits per heavy atom. The Labute approximate surface area is 181 Å². The average Bonchev–Trinajstić information content (AvgIpc) is 2.74. The van der Waals surface area contributed by atoms with Crippen LogP contribution in [0.4, 0.5) is 5.69 Å². The smallest absolute Gasteiger partial charge is 0.339 e. The molecule has 2 aromatic carbocycles. The number of nitrogens with zero attached hydrogens (tertiary/aromatic N) is 1. The van der Waals surface area contributed by atoms with Gasteiger partial charge in [0.2, 0.25) is 10.0 Å². The summed E-state index contributed by atoms with van der Waals surface area (Å²) in [6.07, 6.45) is -1.12. The van der Waals surface area contributed by atoms with Crippen LogP contribution >= 0.6 is 0 Å². The SMILES string of the molecule is Cc1ccc(S(=O)(=O)N(C)C)cc1NC(=O)C(C)OC(=O)c1ccc2c(c1)OCCO2. The number of anilines is 1. The fourth-order valence-corrected chi connectivity index (χ4v) is 3.72. The van der Waals surface area contributed by atoms with E-state index in [1.54, 1.807) is 19.1 Å². The predicted octanol–water partition coefficient (Wildman–Crippen LogP) is 2.20. The minimum Gasteiger partial charge on any atom is -0.486 e. The topological polar surface area (TPSA) is 111 Å². The van der Waals surface area contributed by atoms with Crippen molar-refractivity contribution in [3.8, 4) is 11.5 Å². The van der Waals surface area contributed by atoms with Crippen molar-refractivity contribution in [3.05, 3.63) is 47.5 Å². The minimum absolute atomic E-state index is 0.0410. The van der Waals surface area contributed by atoms with Gasteiger partial charge in [0.15, 0.2) is 17.6 Å². The maximum absolute atomic E-state index is 12.6. The van der Waals surface area contributed by atoms with E-state index in [0.717, 1.165) is 4.31 Å². The quantitative estimate of drug-likeness (QED) is 0.675. The van der Waals surface area contributed by atoms with Gasteiger partial charge < -0.3 is 19.5 Å². The molecule has 2 aromatic rings. The molecule has 1 heterocycles. The van der Waals surface area contributed by atoms with E-state index in [-0.39, 0.29) is 10.5 Å². The maximum atomic E-state index is 12.6. The van der Waals surface area contributed by atoms with Gasteiger partial charge in [-0.05, 0) is 49.7 Å². The van der Waals surface area contributed by atoms with Crippen molar-refractivity contribution in [3.63, 3.8) is 0 Å². The lowest BCUT2D eigenvalue weighted by atomic mass is 10.2. The maximum Gasteiger partial charge on any atom is 0.339 e. The molecule has 0 aliphatic carbocycles. The fourth-order valence-electron chi connectivity index (χ4n) is 2.79. The normalized spacial score (nSPS) is 14.1. The first kappa shape index (κ1) is 22.6. The molecule has 31 heavy (non-hydrogen) atoms. The number of rotatable bonds is 6. The lowest BCUT2D eigenvalue weighted by Crippen LogP contribution is -2.30. The highest BCUT2D eigenvalue weighted by atomic mass is 32.2. The second kappa shape index (κ2) is 8.94. The van der Waals surface area contributed by atoms with Crippen LogP contribution in [0.15, 0.2) is 41.3 Å². The van der Waals surface area contributed by atoms with Crippen molar-refractivity contribution in [1.29, 1.82) is 0 Å². The van der Waals surface area contributed by atoms with E-state index in [4.69, 9.17) is 14.2 Å². The molecule has 1 unspecified atom stereocenters. The number of ether oxygens (including phenoxy) is 3. The summed E-state index contributed by atoms with van der Waals surface area (Å²) in [4.78, 5) is 25.0. The Morgan fingerprint density at radius 3 is 2.42 bits per heavy atom. The first-order valence-corrected chi connectivity index (χ1v) is 11.0. The van der Waals surface area contributed by atoms with Crippen molar-refractivity contribution in [2.45, 2.75) is 24.8 Å². The van der Waals surface area contributed by atoms with Crippen LogP contribution in [0.2, 0.25) is 0 Å². The van der Waals surface area contributed by atoms with E-state index >= 15 is 0 Å². The van der Waals surface area contributed by atoms with E-state index in [9.17, 15) is 18.0 Å². The molecule has 0 spiro atoms. The predicted molar refractivity (Wildman–Crippen MR) is 113 cm³/mol. The van der Waals surface area contributed by atoms with E-state index in [1.165, 1.54) is 45.3 Å². The van der Waals surface area contributed by atoms with Gasteiger partial charge in [0.1, 0.15) is 13.2 Å². The van der Waals surface area contributed by atoms with Gasteiger partial charge >= 0.3 is 5.97 Å². The largest absolute Gasteiger partial charge is 0.486 e. The van der Waals surface area contributed by atoms with Crippen molar-refractivity contribution in [2.75, 3.05) is 32.6 Å².